The van der Waals surface area contributed by atoms with E-state index in [0.717, 1.165) is 35.5 Å². The molecular formula is C13H18O3S. The summed E-state index contributed by atoms with van der Waals surface area (Å²) in [7, 11) is 1.67. The Kier molecular flexibility index (Phi) is 7.71. The molecule has 0 radical (unpaired) electrons. The maximum absolute atomic E-state index is 10.6. The highest BCUT2D eigenvalue weighted by Gasteiger charge is 1.96. The predicted molar refractivity (Wildman–Crippen MR) is 69.9 cm³/mol. The lowest BCUT2D eigenvalue weighted by atomic mass is 10.2. The molecule has 1 aromatic rings. The van der Waals surface area contributed by atoms with Crippen LogP contribution in [0.5, 0.6) is 0 Å². The van der Waals surface area contributed by atoms with Gasteiger partial charge >= 0.3 is 0 Å². The molecule has 0 N–H and O–H groups in total. The fourth-order valence-electron chi connectivity index (χ4n) is 1.27. The Labute approximate surface area is 106 Å². The predicted octanol–water partition coefficient (Wildman–Crippen LogP) is 2.64. The molecule has 1 aromatic carbocycles. The van der Waals surface area contributed by atoms with Crippen LogP contribution in [0.1, 0.15) is 16.8 Å². The van der Waals surface area contributed by atoms with Crippen molar-refractivity contribution in [3.8, 4) is 0 Å². The second-order valence-electron chi connectivity index (χ2n) is 3.50. The molecule has 17 heavy (non-hydrogen) atoms. The number of ether oxygens (including phenoxy) is 2. The minimum absolute atomic E-state index is 0.647. The van der Waals surface area contributed by atoms with E-state index in [1.165, 1.54) is 0 Å². The van der Waals surface area contributed by atoms with Crippen LogP contribution in [0.3, 0.4) is 0 Å². The summed E-state index contributed by atoms with van der Waals surface area (Å²) in [5, 5.41) is 0. The number of hydrogen-bond acceptors (Lipinski definition) is 4. The highest BCUT2D eigenvalue weighted by Crippen LogP contribution is 2.19. The largest absolute Gasteiger partial charge is 0.382 e. The molecule has 0 bridgehead atoms. The number of thioether (sulfide) groups is 1. The van der Waals surface area contributed by atoms with Crippen molar-refractivity contribution in [2.45, 2.75) is 11.3 Å². The first kappa shape index (κ1) is 14.2. The van der Waals surface area contributed by atoms with Gasteiger partial charge in [-0.1, -0.05) is 12.1 Å². The molecule has 0 aliphatic rings. The first-order chi connectivity index (χ1) is 8.36. The quantitative estimate of drug-likeness (QED) is 0.385. The Morgan fingerprint density at radius 3 is 2.94 bits per heavy atom. The summed E-state index contributed by atoms with van der Waals surface area (Å²) < 4.78 is 10.2. The zero-order chi connectivity index (χ0) is 12.3. The molecule has 0 aliphatic carbocycles. The third-order valence-electron chi connectivity index (χ3n) is 2.13. The van der Waals surface area contributed by atoms with E-state index in [1.54, 1.807) is 18.9 Å². The van der Waals surface area contributed by atoms with E-state index < -0.39 is 0 Å². The van der Waals surface area contributed by atoms with E-state index in [4.69, 9.17) is 9.47 Å². The molecule has 0 aliphatic heterocycles. The third-order valence-corrected chi connectivity index (χ3v) is 3.21. The van der Waals surface area contributed by atoms with Crippen molar-refractivity contribution in [1.29, 1.82) is 0 Å². The molecule has 0 atom stereocenters. The summed E-state index contributed by atoms with van der Waals surface area (Å²) >= 11 is 1.74. The van der Waals surface area contributed by atoms with Gasteiger partial charge in [0.25, 0.3) is 0 Å². The van der Waals surface area contributed by atoms with Crippen LogP contribution in [-0.2, 0) is 9.47 Å². The van der Waals surface area contributed by atoms with Gasteiger partial charge in [0.1, 0.15) is 6.29 Å². The number of hydrogen-bond donors (Lipinski definition) is 0. The van der Waals surface area contributed by atoms with E-state index in [1.807, 2.05) is 24.3 Å². The zero-order valence-electron chi connectivity index (χ0n) is 10.1. The van der Waals surface area contributed by atoms with Crippen LogP contribution in [-0.4, -0.2) is 39.0 Å². The number of rotatable bonds is 9. The highest BCUT2D eigenvalue weighted by atomic mass is 32.2. The smallest absolute Gasteiger partial charge is 0.150 e. The van der Waals surface area contributed by atoms with Crippen LogP contribution >= 0.6 is 11.8 Å². The maximum atomic E-state index is 10.6. The van der Waals surface area contributed by atoms with Crippen molar-refractivity contribution >= 4 is 18.0 Å². The van der Waals surface area contributed by atoms with E-state index in [0.29, 0.717) is 13.2 Å². The van der Waals surface area contributed by atoms with Gasteiger partial charge in [-0.15, -0.1) is 11.8 Å². The molecule has 0 heterocycles. The van der Waals surface area contributed by atoms with Crippen LogP contribution in [0, 0.1) is 0 Å². The van der Waals surface area contributed by atoms with Crippen molar-refractivity contribution < 1.29 is 14.3 Å². The second kappa shape index (κ2) is 9.22. The molecule has 0 saturated heterocycles. The number of benzene rings is 1. The van der Waals surface area contributed by atoms with E-state index in [2.05, 4.69) is 0 Å². The maximum Gasteiger partial charge on any atom is 0.150 e. The molecule has 0 unspecified atom stereocenters. The third kappa shape index (κ3) is 6.46. The molecule has 0 aromatic heterocycles. The molecule has 0 amide bonds. The van der Waals surface area contributed by atoms with Crippen LogP contribution in [0.4, 0.5) is 0 Å². The number of methoxy groups -OCH3 is 1. The average Bonchev–Trinajstić information content (AvgIpc) is 2.38. The highest BCUT2D eigenvalue weighted by molar-refractivity contribution is 7.99. The summed E-state index contributed by atoms with van der Waals surface area (Å²) in [6.45, 7) is 2.06. The molecule has 0 fully saturated rings. The molecule has 1 rings (SSSR count). The van der Waals surface area contributed by atoms with Gasteiger partial charge < -0.3 is 9.47 Å². The molecule has 0 saturated carbocycles. The fourth-order valence-corrected chi connectivity index (χ4v) is 2.17. The van der Waals surface area contributed by atoms with Gasteiger partial charge in [-0.3, -0.25) is 4.79 Å². The monoisotopic (exact) mass is 254 g/mol. The minimum atomic E-state index is 0.647. The molecule has 3 nitrogen and oxygen atoms in total. The molecule has 4 heteroatoms. The lowest BCUT2D eigenvalue weighted by Gasteiger charge is -2.04. The lowest BCUT2D eigenvalue weighted by Crippen LogP contribution is -2.03. The Balaban J connectivity index is 2.11. The number of carbonyl (C=O) groups is 1. The average molecular weight is 254 g/mol. The van der Waals surface area contributed by atoms with Gasteiger partial charge in [0, 0.05) is 29.9 Å². The fraction of sp³-hybridized carbons (Fsp3) is 0.462. The summed E-state index contributed by atoms with van der Waals surface area (Å²) in [6, 6.07) is 7.64. The molecule has 0 spiro atoms. The van der Waals surface area contributed by atoms with Crippen molar-refractivity contribution in [2.24, 2.45) is 0 Å². The van der Waals surface area contributed by atoms with E-state index in [-0.39, 0.29) is 0 Å². The Bertz CT molecular complexity index is 328. The zero-order valence-corrected chi connectivity index (χ0v) is 10.9. The summed E-state index contributed by atoms with van der Waals surface area (Å²) in [4.78, 5) is 11.7. The van der Waals surface area contributed by atoms with Crippen LogP contribution < -0.4 is 0 Å². The summed E-state index contributed by atoms with van der Waals surface area (Å²) in [6.07, 6.45) is 1.87. The van der Waals surface area contributed by atoms with Crippen molar-refractivity contribution in [3.63, 3.8) is 0 Å². The van der Waals surface area contributed by atoms with Crippen LogP contribution in [0.25, 0.3) is 0 Å². The van der Waals surface area contributed by atoms with Crippen LogP contribution in [0.15, 0.2) is 29.2 Å². The van der Waals surface area contributed by atoms with Gasteiger partial charge in [0.15, 0.2) is 0 Å². The van der Waals surface area contributed by atoms with E-state index >= 15 is 0 Å². The Morgan fingerprint density at radius 1 is 1.29 bits per heavy atom. The van der Waals surface area contributed by atoms with E-state index in [9.17, 15) is 4.79 Å². The van der Waals surface area contributed by atoms with Gasteiger partial charge in [-0.2, -0.15) is 0 Å². The van der Waals surface area contributed by atoms with Gasteiger partial charge in [0.05, 0.1) is 13.2 Å². The van der Waals surface area contributed by atoms with Gasteiger partial charge in [0.2, 0.25) is 0 Å². The normalized spacial score (nSPS) is 10.4. The Hall–Kier alpha value is -0.840. The minimum Gasteiger partial charge on any atom is -0.382 e. The summed E-state index contributed by atoms with van der Waals surface area (Å²) in [5.74, 6) is 0.995. The van der Waals surface area contributed by atoms with Crippen molar-refractivity contribution in [2.75, 3.05) is 32.7 Å². The number of carbonyl (C=O) groups excluding carboxylic acids is 1. The topological polar surface area (TPSA) is 35.5 Å². The molecule has 94 valence electrons. The summed E-state index contributed by atoms with van der Waals surface area (Å²) in [5.41, 5.74) is 0.728. The number of aldehydes is 1. The second-order valence-corrected chi connectivity index (χ2v) is 4.67. The first-order valence-corrected chi connectivity index (χ1v) is 6.60. The first-order valence-electron chi connectivity index (χ1n) is 5.61. The lowest BCUT2D eigenvalue weighted by molar-refractivity contribution is 0.0713. The Morgan fingerprint density at radius 2 is 2.18 bits per heavy atom. The standard InChI is InChI=1S/C13H18O3S/c1-15-7-8-16-6-3-9-17-13-5-2-4-12(10-13)11-14/h2,4-5,10-11H,3,6-9H2,1H3. The van der Waals surface area contributed by atoms with Gasteiger partial charge in [-0.05, 0) is 18.6 Å². The van der Waals surface area contributed by atoms with Crippen molar-refractivity contribution in [3.05, 3.63) is 29.8 Å². The molecular weight excluding hydrogens is 236 g/mol. The van der Waals surface area contributed by atoms with Crippen LogP contribution in [0.2, 0.25) is 0 Å². The SMILES string of the molecule is COCCOCCCSc1cccc(C=O)c1. The van der Waals surface area contributed by atoms with Gasteiger partial charge in [-0.25, -0.2) is 0 Å². The van der Waals surface area contributed by atoms with Crippen molar-refractivity contribution in [1.82, 2.24) is 0 Å².